The standard InChI is InChI=1S/C21H23F2N9O2S/c1-30(19(33)18-27-28-21(35-18)31-6-8-34-9-7-31)5-3-2-4-15-25-17-13-10-12(22)11-14(23)16(13)26-20(24)32(17)29-15/h10-11H,2-9H2,1H3,(H2,24,26). The first-order chi connectivity index (χ1) is 16.9. The Morgan fingerprint density at radius 2 is 2.00 bits per heavy atom. The van der Waals surface area contributed by atoms with E-state index >= 15 is 0 Å². The Hall–Kier alpha value is -3.52. The molecule has 1 fully saturated rings. The Morgan fingerprint density at radius 3 is 2.80 bits per heavy atom. The van der Waals surface area contributed by atoms with Crippen LogP contribution in [-0.2, 0) is 11.2 Å². The van der Waals surface area contributed by atoms with Gasteiger partial charge in [-0.05, 0) is 18.9 Å². The number of hydrogen-bond acceptors (Lipinski definition) is 10. The molecule has 0 radical (unpaired) electrons. The number of aromatic nitrogens is 6. The second-order valence-electron chi connectivity index (χ2n) is 8.19. The largest absolute Gasteiger partial charge is 0.378 e. The molecular formula is C21H23F2N9O2S. The third kappa shape index (κ3) is 4.71. The summed E-state index contributed by atoms with van der Waals surface area (Å²) in [5.74, 6) is -1.27. The van der Waals surface area contributed by atoms with E-state index in [1.165, 1.54) is 15.9 Å². The molecule has 14 heteroatoms. The molecule has 1 amide bonds. The molecule has 0 unspecified atom stereocenters. The van der Waals surface area contributed by atoms with Crippen LogP contribution in [0, 0.1) is 11.6 Å². The number of fused-ring (bicyclic) bond motifs is 3. The lowest BCUT2D eigenvalue weighted by molar-refractivity contribution is 0.0791. The van der Waals surface area contributed by atoms with Gasteiger partial charge in [0, 0.05) is 39.2 Å². The summed E-state index contributed by atoms with van der Waals surface area (Å²) in [4.78, 5) is 24.8. The number of nitrogens with two attached hydrogens (primary N) is 1. The molecule has 0 bridgehead atoms. The summed E-state index contributed by atoms with van der Waals surface area (Å²) in [7, 11) is 1.73. The van der Waals surface area contributed by atoms with Gasteiger partial charge in [0.1, 0.15) is 11.3 Å². The molecule has 0 aliphatic carbocycles. The van der Waals surface area contributed by atoms with Crippen LogP contribution in [0.3, 0.4) is 0 Å². The van der Waals surface area contributed by atoms with Crippen LogP contribution in [0.2, 0.25) is 0 Å². The molecule has 5 rings (SSSR count). The summed E-state index contributed by atoms with van der Waals surface area (Å²) in [5, 5.41) is 13.8. The molecule has 35 heavy (non-hydrogen) atoms. The Labute approximate surface area is 202 Å². The van der Waals surface area contributed by atoms with Crippen LogP contribution in [-0.4, -0.2) is 80.5 Å². The summed E-state index contributed by atoms with van der Waals surface area (Å²) in [6, 6.07) is 1.92. The minimum absolute atomic E-state index is 0.0319. The summed E-state index contributed by atoms with van der Waals surface area (Å²) >= 11 is 1.28. The Bertz CT molecular complexity index is 1390. The van der Waals surface area contributed by atoms with Crippen molar-refractivity contribution in [2.75, 3.05) is 50.5 Å². The average Bonchev–Trinajstić information content (AvgIpc) is 3.51. The molecule has 1 aliphatic rings. The molecule has 0 atom stereocenters. The van der Waals surface area contributed by atoms with E-state index in [4.69, 9.17) is 10.5 Å². The number of unbranched alkanes of at least 4 members (excludes halogenated alkanes) is 1. The minimum Gasteiger partial charge on any atom is -0.378 e. The Balaban J connectivity index is 1.19. The first-order valence-corrected chi connectivity index (χ1v) is 11.9. The number of carbonyl (C=O) groups excluding carboxylic acids is 1. The Morgan fingerprint density at radius 1 is 1.20 bits per heavy atom. The van der Waals surface area contributed by atoms with Crippen LogP contribution in [0.4, 0.5) is 19.9 Å². The van der Waals surface area contributed by atoms with E-state index < -0.39 is 11.6 Å². The summed E-state index contributed by atoms with van der Waals surface area (Å²) in [6.07, 6.45) is 1.89. The highest BCUT2D eigenvalue weighted by Gasteiger charge is 2.21. The van der Waals surface area contributed by atoms with Gasteiger partial charge in [-0.15, -0.1) is 15.3 Å². The molecule has 0 saturated carbocycles. The number of anilines is 2. The Kier molecular flexibility index (Phi) is 6.38. The monoisotopic (exact) mass is 503 g/mol. The molecule has 184 valence electrons. The predicted molar refractivity (Wildman–Crippen MR) is 125 cm³/mol. The SMILES string of the molecule is CN(CCCCc1nc2c3cc(F)cc(F)c3nc(N)n2n1)C(=O)c1nnc(N2CCOCC2)s1. The number of halogens is 2. The topological polar surface area (TPSA) is 128 Å². The van der Waals surface area contributed by atoms with Crippen LogP contribution < -0.4 is 10.6 Å². The highest BCUT2D eigenvalue weighted by atomic mass is 32.1. The summed E-state index contributed by atoms with van der Waals surface area (Å²) < 4.78 is 34.5. The third-order valence-corrected chi connectivity index (χ3v) is 6.70. The zero-order chi connectivity index (χ0) is 24.5. The van der Waals surface area contributed by atoms with Gasteiger partial charge in [-0.1, -0.05) is 11.3 Å². The first-order valence-electron chi connectivity index (χ1n) is 11.1. The van der Waals surface area contributed by atoms with Crippen LogP contribution >= 0.6 is 11.3 Å². The number of aryl methyl sites for hydroxylation is 1. The fourth-order valence-electron chi connectivity index (χ4n) is 3.89. The van der Waals surface area contributed by atoms with Gasteiger partial charge < -0.3 is 20.3 Å². The van der Waals surface area contributed by atoms with E-state index in [9.17, 15) is 13.6 Å². The van der Waals surface area contributed by atoms with Crippen LogP contribution in [0.25, 0.3) is 16.6 Å². The third-order valence-electron chi connectivity index (χ3n) is 5.73. The van der Waals surface area contributed by atoms with Crippen LogP contribution in [0.15, 0.2) is 12.1 Å². The van der Waals surface area contributed by atoms with E-state index in [2.05, 4.69) is 30.2 Å². The molecule has 4 heterocycles. The average molecular weight is 504 g/mol. The number of nitrogens with zero attached hydrogens (tertiary/aromatic N) is 8. The lowest BCUT2D eigenvalue weighted by Gasteiger charge is -2.25. The van der Waals surface area contributed by atoms with E-state index in [0.29, 0.717) is 49.9 Å². The van der Waals surface area contributed by atoms with Gasteiger partial charge >= 0.3 is 0 Å². The number of benzene rings is 1. The second kappa shape index (κ2) is 9.62. The van der Waals surface area contributed by atoms with Crippen molar-refractivity contribution in [3.8, 4) is 0 Å². The van der Waals surface area contributed by atoms with Crippen molar-refractivity contribution >= 4 is 44.9 Å². The summed E-state index contributed by atoms with van der Waals surface area (Å²) in [6.45, 7) is 3.25. The normalized spacial score (nSPS) is 14.2. The molecule has 1 aliphatic heterocycles. The molecule has 2 N–H and O–H groups in total. The molecule has 3 aromatic heterocycles. The number of nitrogen functional groups attached to an aromatic ring is 1. The number of ether oxygens (including phenoxy) is 1. The maximum Gasteiger partial charge on any atom is 0.284 e. The zero-order valence-electron chi connectivity index (χ0n) is 18.9. The van der Waals surface area contributed by atoms with E-state index in [0.717, 1.165) is 30.4 Å². The number of carbonyl (C=O) groups is 1. The molecule has 1 aromatic carbocycles. The van der Waals surface area contributed by atoms with Gasteiger partial charge in [-0.2, -0.15) is 4.52 Å². The highest BCUT2D eigenvalue weighted by Crippen LogP contribution is 2.24. The van der Waals surface area contributed by atoms with Crippen LogP contribution in [0.1, 0.15) is 28.5 Å². The minimum atomic E-state index is -0.807. The van der Waals surface area contributed by atoms with Crippen molar-refractivity contribution in [2.45, 2.75) is 19.3 Å². The van der Waals surface area contributed by atoms with Gasteiger partial charge in [0.2, 0.25) is 16.1 Å². The molecule has 0 spiro atoms. The fourth-order valence-corrected chi connectivity index (χ4v) is 4.78. The van der Waals surface area contributed by atoms with Crippen LogP contribution in [0.5, 0.6) is 0 Å². The van der Waals surface area contributed by atoms with Gasteiger partial charge in [-0.3, -0.25) is 4.79 Å². The van der Waals surface area contributed by atoms with Crippen molar-refractivity contribution in [1.82, 2.24) is 34.7 Å². The maximum absolute atomic E-state index is 14.1. The number of hydrogen-bond donors (Lipinski definition) is 1. The molecule has 1 saturated heterocycles. The maximum atomic E-state index is 14.1. The van der Waals surface area contributed by atoms with E-state index in [1.807, 2.05) is 0 Å². The van der Waals surface area contributed by atoms with E-state index in [-0.39, 0.29) is 28.4 Å². The predicted octanol–water partition coefficient (Wildman–Crippen LogP) is 1.92. The van der Waals surface area contributed by atoms with Crippen molar-refractivity contribution in [2.24, 2.45) is 0 Å². The smallest absolute Gasteiger partial charge is 0.284 e. The van der Waals surface area contributed by atoms with Gasteiger partial charge in [0.25, 0.3) is 5.91 Å². The quantitative estimate of drug-likeness (QED) is 0.376. The van der Waals surface area contributed by atoms with Crippen molar-refractivity contribution in [1.29, 1.82) is 0 Å². The first kappa shape index (κ1) is 23.2. The van der Waals surface area contributed by atoms with Crippen molar-refractivity contribution in [3.05, 3.63) is 34.6 Å². The fraction of sp³-hybridized carbons (Fsp3) is 0.429. The van der Waals surface area contributed by atoms with Crippen molar-refractivity contribution in [3.63, 3.8) is 0 Å². The number of morpholine rings is 1. The highest BCUT2D eigenvalue weighted by molar-refractivity contribution is 7.17. The van der Waals surface area contributed by atoms with Gasteiger partial charge in [0.15, 0.2) is 17.3 Å². The molecule has 11 nitrogen and oxygen atoms in total. The number of amides is 1. The van der Waals surface area contributed by atoms with Gasteiger partial charge in [0.05, 0.1) is 18.6 Å². The molecule has 4 aromatic rings. The molecular weight excluding hydrogens is 480 g/mol. The van der Waals surface area contributed by atoms with Gasteiger partial charge in [-0.25, -0.2) is 18.7 Å². The summed E-state index contributed by atoms with van der Waals surface area (Å²) in [5.41, 5.74) is 6.10. The number of rotatable bonds is 7. The van der Waals surface area contributed by atoms with E-state index in [1.54, 1.807) is 11.9 Å². The van der Waals surface area contributed by atoms with Crippen molar-refractivity contribution < 1.29 is 18.3 Å². The zero-order valence-corrected chi connectivity index (χ0v) is 19.8. The lowest BCUT2D eigenvalue weighted by atomic mass is 10.2. The second-order valence-corrected chi connectivity index (χ2v) is 9.15. The lowest BCUT2D eigenvalue weighted by Crippen LogP contribution is -2.36.